The Morgan fingerprint density at radius 3 is 2.56 bits per heavy atom. The Bertz CT molecular complexity index is 334. The Balaban J connectivity index is 2.08. The van der Waals surface area contributed by atoms with E-state index in [0.717, 1.165) is 25.3 Å². The van der Waals surface area contributed by atoms with Gasteiger partial charge in [-0.1, -0.05) is 6.92 Å². The molecule has 1 aliphatic rings. The summed E-state index contributed by atoms with van der Waals surface area (Å²) >= 11 is 0. The molecule has 1 saturated heterocycles. The van der Waals surface area contributed by atoms with Gasteiger partial charge in [-0.05, 0) is 37.7 Å². The summed E-state index contributed by atoms with van der Waals surface area (Å²) in [6, 6.07) is 8.87. The topological polar surface area (TPSA) is 32.5 Å². The van der Waals surface area contributed by atoms with Crippen LogP contribution < -0.4 is 10.6 Å². The highest BCUT2D eigenvalue weighted by atomic mass is 15.3. The molecular formula is C13H21N3. The first-order valence-corrected chi connectivity index (χ1v) is 6.01. The fourth-order valence-corrected chi connectivity index (χ4v) is 2.31. The minimum Gasteiger partial charge on any atom is -0.399 e. The zero-order chi connectivity index (χ0) is 11.5. The van der Waals surface area contributed by atoms with Crippen molar-refractivity contribution in [2.45, 2.75) is 19.4 Å². The third-order valence-corrected chi connectivity index (χ3v) is 3.51. The monoisotopic (exact) mass is 219 g/mol. The third kappa shape index (κ3) is 2.30. The van der Waals surface area contributed by atoms with Crippen molar-refractivity contribution in [3.8, 4) is 0 Å². The van der Waals surface area contributed by atoms with E-state index in [0.29, 0.717) is 6.04 Å². The summed E-state index contributed by atoms with van der Waals surface area (Å²) in [6.45, 7) is 5.63. The van der Waals surface area contributed by atoms with Gasteiger partial charge < -0.3 is 10.6 Å². The minimum atomic E-state index is 0.673. The van der Waals surface area contributed by atoms with Crippen LogP contribution in [0.1, 0.15) is 13.3 Å². The second-order valence-corrected chi connectivity index (χ2v) is 4.58. The van der Waals surface area contributed by atoms with Crippen molar-refractivity contribution in [2.24, 2.45) is 0 Å². The number of nitrogens with zero attached hydrogens (tertiary/aromatic N) is 2. The molecule has 1 atom stereocenters. The Kier molecular flexibility index (Phi) is 3.34. The van der Waals surface area contributed by atoms with Gasteiger partial charge in [0.05, 0.1) is 0 Å². The first-order valence-electron chi connectivity index (χ1n) is 6.01. The van der Waals surface area contributed by atoms with E-state index in [1.807, 2.05) is 12.1 Å². The molecule has 0 bridgehead atoms. The van der Waals surface area contributed by atoms with Gasteiger partial charge >= 0.3 is 0 Å². The van der Waals surface area contributed by atoms with E-state index in [2.05, 4.69) is 35.9 Å². The van der Waals surface area contributed by atoms with Crippen molar-refractivity contribution in [3.05, 3.63) is 24.3 Å². The zero-order valence-corrected chi connectivity index (χ0v) is 10.2. The number of nitrogen functional groups attached to an aromatic ring is 1. The molecule has 3 nitrogen and oxygen atoms in total. The largest absolute Gasteiger partial charge is 0.399 e. The smallest absolute Gasteiger partial charge is 0.0368 e. The van der Waals surface area contributed by atoms with Gasteiger partial charge in [-0.3, -0.25) is 4.90 Å². The molecule has 0 aromatic heterocycles. The number of rotatable bonds is 2. The van der Waals surface area contributed by atoms with Crippen LogP contribution in [-0.4, -0.2) is 37.6 Å². The lowest BCUT2D eigenvalue weighted by Crippen LogP contribution is -2.51. The molecule has 1 aromatic carbocycles. The van der Waals surface area contributed by atoms with Crippen molar-refractivity contribution in [1.82, 2.24) is 4.90 Å². The predicted octanol–water partition coefficient (Wildman–Crippen LogP) is 1.80. The fraction of sp³-hybridized carbons (Fsp3) is 0.538. The molecule has 1 unspecified atom stereocenters. The van der Waals surface area contributed by atoms with Gasteiger partial charge in [0, 0.05) is 37.1 Å². The Morgan fingerprint density at radius 2 is 1.94 bits per heavy atom. The average Bonchev–Trinajstić information content (AvgIpc) is 2.31. The molecule has 2 rings (SSSR count). The molecule has 88 valence electrons. The SMILES string of the molecule is CCC1CN(c2ccc(N)cc2)CCN1C. The van der Waals surface area contributed by atoms with E-state index >= 15 is 0 Å². The second-order valence-electron chi connectivity index (χ2n) is 4.58. The highest BCUT2D eigenvalue weighted by Gasteiger charge is 2.22. The molecule has 0 amide bonds. The molecule has 2 N–H and O–H groups in total. The highest BCUT2D eigenvalue weighted by molar-refractivity contribution is 5.53. The number of anilines is 2. The van der Waals surface area contributed by atoms with Crippen LogP contribution in [0.4, 0.5) is 11.4 Å². The Hall–Kier alpha value is -1.22. The second kappa shape index (κ2) is 4.74. The number of nitrogens with two attached hydrogens (primary N) is 1. The van der Waals surface area contributed by atoms with E-state index in [1.165, 1.54) is 12.1 Å². The molecule has 1 fully saturated rings. The van der Waals surface area contributed by atoms with Gasteiger partial charge in [-0.2, -0.15) is 0 Å². The summed E-state index contributed by atoms with van der Waals surface area (Å²) in [4.78, 5) is 4.90. The maximum absolute atomic E-state index is 5.70. The zero-order valence-electron chi connectivity index (χ0n) is 10.2. The Morgan fingerprint density at radius 1 is 1.25 bits per heavy atom. The first-order chi connectivity index (χ1) is 7.70. The van der Waals surface area contributed by atoms with Crippen LogP contribution in [0, 0.1) is 0 Å². The third-order valence-electron chi connectivity index (χ3n) is 3.51. The van der Waals surface area contributed by atoms with E-state index < -0.39 is 0 Å². The van der Waals surface area contributed by atoms with Gasteiger partial charge in [-0.15, -0.1) is 0 Å². The van der Waals surface area contributed by atoms with Crippen LogP contribution in [-0.2, 0) is 0 Å². The molecular weight excluding hydrogens is 198 g/mol. The summed E-state index contributed by atoms with van der Waals surface area (Å²) in [6.07, 6.45) is 1.21. The van der Waals surface area contributed by atoms with E-state index in [4.69, 9.17) is 5.73 Å². The maximum atomic E-state index is 5.70. The molecule has 3 heteroatoms. The average molecular weight is 219 g/mol. The van der Waals surface area contributed by atoms with Crippen molar-refractivity contribution < 1.29 is 0 Å². The van der Waals surface area contributed by atoms with Crippen LogP contribution in [0.25, 0.3) is 0 Å². The van der Waals surface area contributed by atoms with Crippen LogP contribution in [0.3, 0.4) is 0 Å². The molecule has 0 radical (unpaired) electrons. The lowest BCUT2D eigenvalue weighted by Gasteiger charge is -2.40. The molecule has 0 aliphatic carbocycles. The minimum absolute atomic E-state index is 0.673. The first kappa shape index (κ1) is 11.3. The van der Waals surface area contributed by atoms with Gasteiger partial charge in [0.1, 0.15) is 0 Å². The predicted molar refractivity (Wildman–Crippen MR) is 69.8 cm³/mol. The van der Waals surface area contributed by atoms with Crippen LogP contribution in [0.5, 0.6) is 0 Å². The van der Waals surface area contributed by atoms with Crippen molar-refractivity contribution in [1.29, 1.82) is 0 Å². The maximum Gasteiger partial charge on any atom is 0.0368 e. The van der Waals surface area contributed by atoms with E-state index in [-0.39, 0.29) is 0 Å². The highest BCUT2D eigenvalue weighted by Crippen LogP contribution is 2.20. The molecule has 16 heavy (non-hydrogen) atoms. The number of likely N-dealkylation sites (N-methyl/N-ethyl adjacent to an activating group) is 1. The standard InChI is InChI=1S/C13H21N3/c1-3-12-10-16(9-8-15(12)2)13-6-4-11(14)5-7-13/h4-7,12H,3,8-10,14H2,1-2H3. The van der Waals surface area contributed by atoms with Crippen molar-refractivity contribution >= 4 is 11.4 Å². The van der Waals surface area contributed by atoms with Gasteiger partial charge in [0.2, 0.25) is 0 Å². The van der Waals surface area contributed by atoms with Gasteiger partial charge in [0.25, 0.3) is 0 Å². The van der Waals surface area contributed by atoms with Crippen molar-refractivity contribution in [3.63, 3.8) is 0 Å². The van der Waals surface area contributed by atoms with Crippen LogP contribution in [0.2, 0.25) is 0 Å². The molecule has 0 saturated carbocycles. The lowest BCUT2D eigenvalue weighted by atomic mass is 10.1. The molecule has 1 aromatic rings. The Labute approximate surface area is 97.8 Å². The number of hydrogen-bond acceptors (Lipinski definition) is 3. The molecule has 0 spiro atoms. The van der Waals surface area contributed by atoms with Crippen LogP contribution in [0.15, 0.2) is 24.3 Å². The molecule has 1 heterocycles. The van der Waals surface area contributed by atoms with Gasteiger partial charge in [0.15, 0.2) is 0 Å². The summed E-state index contributed by atoms with van der Waals surface area (Å²) in [7, 11) is 2.22. The van der Waals surface area contributed by atoms with Crippen LogP contribution >= 0.6 is 0 Å². The van der Waals surface area contributed by atoms with Gasteiger partial charge in [-0.25, -0.2) is 0 Å². The molecule has 1 aliphatic heterocycles. The summed E-state index contributed by atoms with van der Waals surface area (Å²) < 4.78 is 0. The quantitative estimate of drug-likeness (QED) is 0.770. The van der Waals surface area contributed by atoms with E-state index in [9.17, 15) is 0 Å². The summed E-state index contributed by atoms with van der Waals surface area (Å²) in [5.41, 5.74) is 7.84. The van der Waals surface area contributed by atoms with Crippen molar-refractivity contribution in [2.75, 3.05) is 37.3 Å². The fourth-order valence-electron chi connectivity index (χ4n) is 2.31. The summed E-state index contributed by atoms with van der Waals surface area (Å²) in [5.74, 6) is 0. The van der Waals surface area contributed by atoms with E-state index in [1.54, 1.807) is 0 Å². The lowest BCUT2D eigenvalue weighted by molar-refractivity contribution is 0.213. The number of piperazine rings is 1. The normalized spacial score (nSPS) is 22.4. The number of benzene rings is 1. The number of hydrogen-bond donors (Lipinski definition) is 1. The summed E-state index contributed by atoms with van der Waals surface area (Å²) in [5, 5.41) is 0.